The molecule has 2 aromatic rings. The van der Waals surface area contributed by atoms with Crippen LogP contribution in [-0.2, 0) is 21.0 Å². The second kappa shape index (κ2) is 9.88. The maximum atomic E-state index is 12.8. The molecule has 0 saturated carbocycles. The van der Waals surface area contributed by atoms with Crippen molar-refractivity contribution in [1.82, 2.24) is 14.6 Å². The summed E-state index contributed by atoms with van der Waals surface area (Å²) in [5.41, 5.74) is -0.232. The van der Waals surface area contributed by atoms with Crippen LogP contribution in [0.2, 0.25) is 5.02 Å². The number of nitrogens with one attached hydrogen (secondary N) is 1. The molecule has 1 saturated heterocycles. The Bertz CT molecular complexity index is 1090. The van der Waals surface area contributed by atoms with Gasteiger partial charge in [0.1, 0.15) is 5.82 Å². The van der Waals surface area contributed by atoms with E-state index in [2.05, 4.69) is 9.71 Å². The van der Waals surface area contributed by atoms with Crippen molar-refractivity contribution in [3.05, 3.63) is 64.2 Å². The number of alkyl halides is 3. The van der Waals surface area contributed by atoms with Crippen LogP contribution < -0.4 is 9.62 Å². The van der Waals surface area contributed by atoms with E-state index in [1.54, 1.807) is 29.2 Å². The van der Waals surface area contributed by atoms with Gasteiger partial charge in [0.25, 0.3) is 0 Å². The summed E-state index contributed by atoms with van der Waals surface area (Å²) >= 11 is 5.97. The normalized spacial score (nSPS) is 15.4. The lowest BCUT2D eigenvalue weighted by molar-refractivity contribution is -0.137. The summed E-state index contributed by atoms with van der Waals surface area (Å²) < 4.78 is 64.7. The Kier molecular flexibility index (Phi) is 7.42. The Morgan fingerprint density at radius 1 is 1.16 bits per heavy atom. The van der Waals surface area contributed by atoms with E-state index in [9.17, 15) is 26.4 Å². The number of hydrogen-bond donors (Lipinski definition) is 1. The molecule has 0 bridgehead atoms. The van der Waals surface area contributed by atoms with Crippen LogP contribution in [0.4, 0.5) is 19.0 Å². The van der Waals surface area contributed by atoms with E-state index in [4.69, 9.17) is 11.6 Å². The minimum atomic E-state index is -4.54. The molecule has 172 valence electrons. The zero-order valence-electron chi connectivity index (χ0n) is 16.7. The summed E-state index contributed by atoms with van der Waals surface area (Å²) in [5, 5.41) is 0.865. The number of piperazine rings is 1. The summed E-state index contributed by atoms with van der Waals surface area (Å²) in [4.78, 5) is 19.3. The molecule has 12 heteroatoms. The number of pyridine rings is 1. The summed E-state index contributed by atoms with van der Waals surface area (Å²) in [6.45, 7) is 0.689. The van der Waals surface area contributed by atoms with E-state index >= 15 is 0 Å². The zero-order chi connectivity index (χ0) is 23.4. The van der Waals surface area contributed by atoms with Gasteiger partial charge in [-0.1, -0.05) is 41.9 Å². The number of rotatable bonds is 6. The fraction of sp³-hybridized carbons (Fsp3) is 0.300. The zero-order valence-corrected chi connectivity index (χ0v) is 18.3. The monoisotopic (exact) mass is 488 g/mol. The molecule has 0 radical (unpaired) electrons. The minimum Gasteiger partial charge on any atom is -0.352 e. The molecular formula is C20H20ClF3N4O3S. The molecule has 0 atom stereocenters. The van der Waals surface area contributed by atoms with E-state index in [0.29, 0.717) is 18.7 Å². The van der Waals surface area contributed by atoms with Gasteiger partial charge < -0.3 is 9.80 Å². The van der Waals surface area contributed by atoms with Gasteiger partial charge in [-0.25, -0.2) is 18.1 Å². The van der Waals surface area contributed by atoms with Gasteiger partial charge in [0.2, 0.25) is 15.9 Å². The number of sulfonamides is 1. The summed E-state index contributed by atoms with van der Waals surface area (Å²) in [6, 6.07) is 9.67. The molecule has 2 heterocycles. The summed E-state index contributed by atoms with van der Waals surface area (Å²) in [7, 11) is -3.80. The molecule has 1 N–H and O–H groups in total. The number of benzene rings is 1. The van der Waals surface area contributed by atoms with Crippen LogP contribution in [0.25, 0.3) is 6.08 Å². The third-order valence-corrected chi connectivity index (χ3v) is 6.06. The van der Waals surface area contributed by atoms with Crippen molar-refractivity contribution in [2.45, 2.75) is 6.18 Å². The fourth-order valence-corrected chi connectivity index (χ4v) is 4.08. The van der Waals surface area contributed by atoms with Crippen LogP contribution in [0, 0.1) is 0 Å². The number of carbonyl (C=O) groups is 1. The highest BCUT2D eigenvalue weighted by atomic mass is 35.5. The largest absolute Gasteiger partial charge is 0.417 e. The number of halogens is 4. The van der Waals surface area contributed by atoms with Crippen molar-refractivity contribution in [2.75, 3.05) is 37.6 Å². The Morgan fingerprint density at radius 2 is 1.81 bits per heavy atom. The molecule has 0 spiro atoms. The maximum absolute atomic E-state index is 12.8. The van der Waals surface area contributed by atoms with Gasteiger partial charge >= 0.3 is 6.18 Å². The Balaban J connectivity index is 1.52. The molecule has 1 fully saturated rings. The van der Waals surface area contributed by atoms with Crippen LogP contribution in [0.1, 0.15) is 11.1 Å². The highest BCUT2D eigenvalue weighted by Gasteiger charge is 2.32. The molecule has 0 aliphatic carbocycles. The lowest BCUT2D eigenvalue weighted by Crippen LogP contribution is -2.51. The molecule has 1 amide bonds. The minimum absolute atomic E-state index is 0.127. The maximum Gasteiger partial charge on any atom is 0.417 e. The molecule has 3 rings (SSSR count). The summed E-state index contributed by atoms with van der Waals surface area (Å²) in [5.74, 6) is -0.202. The van der Waals surface area contributed by atoms with Gasteiger partial charge in [0.15, 0.2) is 0 Å². The SMILES string of the molecule is O=C(CNS(=O)(=O)/C=C/c1ccccc1)N1CCN(c2ncc(C(F)(F)F)cc2Cl)CC1. The number of anilines is 1. The first-order chi connectivity index (χ1) is 15.0. The van der Waals surface area contributed by atoms with Gasteiger partial charge in [0.05, 0.1) is 17.1 Å². The number of aromatic nitrogens is 1. The average molecular weight is 489 g/mol. The molecular weight excluding hydrogens is 469 g/mol. The second-order valence-electron chi connectivity index (χ2n) is 6.97. The molecule has 1 aromatic heterocycles. The molecule has 1 aromatic carbocycles. The number of amides is 1. The van der Waals surface area contributed by atoms with Crippen molar-refractivity contribution < 1.29 is 26.4 Å². The van der Waals surface area contributed by atoms with Crippen LogP contribution in [0.5, 0.6) is 0 Å². The highest BCUT2D eigenvalue weighted by Crippen LogP contribution is 2.33. The van der Waals surface area contributed by atoms with Crippen molar-refractivity contribution in [3.63, 3.8) is 0 Å². The first-order valence-corrected chi connectivity index (χ1v) is 11.5. The first kappa shape index (κ1) is 24.0. The fourth-order valence-electron chi connectivity index (χ4n) is 3.04. The van der Waals surface area contributed by atoms with Crippen LogP contribution in [0.15, 0.2) is 48.0 Å². The van der Waals surface area contributed by atoms with Crippen molar-refractivity contribution in [2.24, 2.45) is 0 Å². The van der Waals surface area contributed by atoms with Crippen LogP contribution >= 0.6 is 11.6 Å². The predicted octanol–water partition coefficient (Wildman–Crippen LogP) is 2.99. The van der Waals surface area contributed by atoms with E-state index in [-0.39, 0.29) is 23.9 Å². The Hall–Kier alpha value is -2.63. The van der Waals surface area contributed by atoms with Crippen LogP contribution in [0.3, 0.4) is 0 Å². The number of nitrogens with zero attached hydrogens (tertiary/aromatic N) is 3. The van der Waals surface area contributed by atoms with Crippen molar-refractivity contribution in [1.29, 1.82) is 0 Å². The molecule has 1 aliphatic heterocycles. The lowest BCUT2D eigenvalue weighted by Gasteiger charge is -2.35. The van der Waals surface area contributed by atoms with Gasteiger partial charge in [0, 0.05) is 37.8 Å². The topological polar surface area (TPSA) is 82.6 Å². The number of hydrogen-bond acceptors (Lipinski definition) is 5. The van der Waals surface area contributed by atoms with E-state index < -0.39 is 34.2 Å². The van der Waals surface area contributed by atoms with Gasteiger partial charge in [-0.15, -0.1) is 0 Å². The third-order valence-electron chi connectivity index (χ3n) is 4.74. The number of carbonyl (C=O) groups excluding carboxylic acids is 1. The molecule has 32 heavy (non-hydrogen) atoms. The van der Waals surface area contributed by atoms with Gasteiger partial charge in [-0.2, -0.15) is 13.2 Å². The van der Waals surface area contributed by atoms with E-state index in [0.717, 1.165) is 17.7 Å². The molecule has 1 aliphatic rings. The Labute approximate surface area is 188 Å². The third kappa shape index (κ3) is 6.44. The predicted molar refractivity (Wildman–Crippen MR) is 115 cm³/mol. The van der Waals surface area contributed by atoms with Gasteiger partial charge in [-0.3, -0.25) is 4.79 Å². The van der Waals surface area contributed by atoms with Crippen LogP contribution in [-0.4, -0.2) is 56.9 Å². The second-order valence-corrected chi connectivity index (χ2v) is 9.03. The van der Waals surface area contributed by atoms with E-state index in [1.165, 1.54) is 11.0 Å². The smallest absolute Gasteiger partial charge is 0.352 e. The average Bonchev–Trinajstić information content (AvgIpc) is 2.76. The van der Waals surface area contributed by atoms with Crippen molar-refractivity contribution >= 4 is 39.4 Å². The standard InChI is InChI=1S/C20H20ClF3N4O3S/c21-17-12-16(20(22,23)24)13-25-19(17)28-9-7-27(8-10-28)18(29)14-26-32(30,31)11-6-15-4-2-1-3-5-15/h1-6,11-13,26H,7-10,14H2/b11-6+. The molecule has 0 unspecified atom stereocenters. The quantitative estimate of drug-likeness (QED) is 0.676. The Morgan fingerprint density at radius 3 is 2.41 bits per heavy atom. The molecule has 7 nitrogen and oxygen atoms in total. The highest BCUT2D eigenvalue weighted by molar-refractivity contribution is 7.92. The van der Waals surface area contributed by atoms with E-state index in [1.807, 2.05) is 6.07 Å². The summed E-state index contributed by atoms with van der Waals surface area (Å²) in [6.07, 6.45) is -2.40. The van der Waals surface area contributed by atoms with Gasteiger partial charge in [-0.05, 0) is 17.7 Å². The van der Waals surface area contributed by atoms with Crippen molar-refractivity contribution in [3.8, 4) is 0 Å². The first-order valence-electron chi connectivity index (χ1n) is 9.53. The lowest BCUT2D eigenvalue weighted by atomic mass is 10.2.